The maximum absolute atomic E-state index is 12.1. The molecule has 1 saturated heterocycles. The van der Waals surface area contributed by atoms with Crippen molar-refractivity contribution < 1.29 is 19.4 Å². The van der Waals surface area contributed by atoms with Crippen molar-refractivity contribution in [3.63, 3.8) is 0 Å². The van der Waals surface area contributed by atoms with Crippen molar-refractivity contribution in [2.45, 2.75) is 12.8 Å². The lowest BCUT2D eigenvalue weighted by atomic mass is 10.1. The van der Waals surface area contributed by atoms with Crippen molar-refractivity contribution in [3.05, 3.63) is 35.4 Å². The number of carbonyl (C=O) groups is 2. The molecule has 8 heteroatoms. The quantitative estimate of drug-likeness (QED) is 0.513. The standard InChI is InChI=1S/C12H12N2O2.H4NO2P/c15-11-9-5-1-2-6-10(9)12(16)14(11)13-7-3-4-8-13;1-4(2)3/h1-2,5-6H,3-4,7-8H2;2-3H,1H2. The predicted octanol–water partition coefficient (Wildman–Crippen LogP) is 0.450. The Labute approximate surface area is 117 Å². The van der Waals surface area contributed by atoms with Crippen LogP contribution in [0, 0.1) is 0 Å². The summed E-state index contributed by atoms with van der Waals surface area (Å²) in [6, 6.07) is 7.01. The summed E-state index contributed by atoms with van der Waals surface area (Å²) < 4.78 is 0. The second-order valence-electron chi connectivity index (χ2n) is 4.45. The van der Waals surface area contributed by atoms with Gasteiger partial charge in [0.2, 0.25) is 8.53 Å². The number of nitrogens with zero attached hydrogens (tertiary/aromatic N) is 2. The second kappa shape index (κ2) is 6.39. The van der Waals surface area contributed by atoms with E-state index in [9.17, 15) is 9.59 Å². The maximum atomic E-state index is 12.1. The second-order valence-corrected chi connectivity index (χ2v) is 5.09. The number of rotatable bonds is 1. The molecule has 3 rings (SSSR count). The molecule has 0 saturated carbocycles. The fraction of sp³-hybridized carbons (Fsp3) is 0.333. The lowest BCUT2D eigenvalue weighted by Gasteiger charge is -2.24. The molecule has 0 unspecified atom stereocenters. The summed E-state index contributed by atoms with van der Waals surface area (Å²) in [6.45, 7) is 1.59. The van der Waals surface area contributed by atoms with Crippen molar-refractivity contribution >= 4 is 20.3 Å². The molecule has 20 heavy (non-hydrogen) atoms. The molecule has 0 spiro atoms. The number of hydrogen-bond acceptors (Lipinski definition) is 6. The Balaban J connectivity index is 0.000000328. The molecule has 0 bridgehead atoms. The first kappa shape index (κ1) is 15.0. The van der Waals surface area contributed by atoms with Gasteiger partial charge in [0.25, 0.3) is 11.8 Å². The van der Waals surface area contributed by atoms with E-state index >= 15 is 0 Å². The van der Waals surface area contributed by atoms with E-state index in [4.69, 9.17) is 9.79 Å². The molecule has 7 nitrogen and oxygen atoms in total. The minimum atomic E-state index is -2.12. The van der Waals surface area contributed by atoms with Crippen LogP contribution in [0.3, 0.4) is 0 Å². The van der Waals surface area contributed by atoms with Gasteiger partial charge in [0.1, 0.15) is 0 Å². The number of benzene rings is 1. The molecule has 1 aromatic carbocycles. The fourth-order valence-corrected chi connectivity index (χ4v) is 2.33. The third-order valence-corrected chi connectivity index (χ3v) is 3.14. The third-order valence-electron chi connectivity index (χ3n) is 3.14. The Bertz CT molecular complexity index is 479. The van der Waals surface area contributed by atoms with Gasteiger partial charge in [0.05, 0.1) is 11.1 Å². The monoisotopic (exact) mass is 297 g/mol. The molecule has 108 valence electrons. The molecule has 2 aliphatic heterocycles. The largest absolute Gasteiger partial charge is 0.338 e. The number of hydrazine groups is 1. The first-order valence-electron chi connectivity index (χ1n) is 6.17. The van der Waals surface area contributed by atoms with Crippen LogP contribution in [0.25, 0.3) is 0 Å². The van der Waals surface area contributed by atoms with Crippen LogP contribution in [-0.2, 0) is 0 Å². The molecule has 0 radical (unpaired) electrons. The number of hydrogen-bond donors (Lipinski definition) is 3. The molecule has 1 fully saturated rings. The summed E-state index contributed by atoms with van der Waals surface area (Å²) in [5, 5.41) is 3.16. The van der Waals surface area contributed by atoms with E-state index in [0.717, 1.165) is 25.9 Å². The van der Waals surface area contributed by atoms with Crippen molar-refractivity contribution in [1.82, 2.24) is 10.0 Å². The van der Waals surface area contributed by atoms with Crippen molar-refractivity contribution in [1.29, 1.82) is 0 Å². The molecule has 0 aromatic heterocycles. The van der Waals surface area contributed by atoms with Crippen LogP contribution in [0.1, 0.15) is 33.6 Å². The van der Waals surface area contributed by atoms with Crippen LogP contribution in [-0.4, -0.2) is 44.7 Å². The molecule has 2 aliphatic rings. The lowest BCUT2D eigenvalue weighted by molar-refractivity contribution is 0.0123. The lowest BCUT2D eigenvalue weighted by Crippen LogP contribution is -2.44. The fourth-order valence-electron chi connectivity index (χ4n) is 2.33. The molecule has 0 aliphatic carbocycles. The Hall–Kier alpha value is -1.37. The van der Waals surface area contributed by atoms with Gasteiger partial charge in [0, 0.05) is 13.1 Å². The van der Waals surface area contributed by atoms with Gasteiger partial charge in [-0.15, -0.1) is 0 Å². The van der Waals surface area contributed by atoms with Crippen LogP contribution in [0.15, 0.2) is 24.3 Å². The number of nitrogens with two attached hydrogens (primary N) is 1. The molecule has 4 N–H and O–H groups in total. The Kier molecular flexibility index (Phi) is 4.80. The number of carbonyl (C=O) groups excluding carboxylic acids is 2. The van der Waals surface area contributed by atoms with Gasteiger partial charge in [-0.05, 0) is 25.0 Å². The minimum absolute atomic E-state index is 0.178. The zero-order valence-electron chi connectivity index (χ0n) is 10.8. The Morgan fingerprint density at radius 2 is 1.40 bits per heavy atom. The van der Waals surface area contributed by atoms with Gasteiger partial charge in [0.15, 0.2) is 0 Å². The van der Waals surface area contributed by atoms with Crippen molar-refractivity contribution in [2.24, 2.45) is 5.50 Å². The average molecular weight is 297 g/mol. The number of imide groups is 1. The van der Waals surface area contributed by atoms with E-state index in [1.54, 1.807) is 24.3 Å². The molecule has 2 amide bonds. The zero-order chi connectivity index (χ0) is 14.7. The summed E-state index contributed by atoms with van der Waals surface area (Å²) in [6.07, 6.45) is 2.10. The van der Waals surface area contributed by atoms with Crippen LogP contribution in [0.2, 0.25) is 0 Å². The summed E-state index contributed by atoms with van der Waals surface area (Å²) in [5.74, 6) is -0.356. The highest BCUT2D eigenvalue weighted by Gasteiger charge is 2.39. The summed E-state index contributed by atoms with van der Waals surface area (Å²) in [5.41, 5.74) is 5.34. The van der Waals surface area contributed by atoms with Gasteiger partial charge >= 0.3 is 0 Å². The highest BCUT2D eigenvalue weighted by molar-refractivity contribution is 7.42. The van der Waals surface area contributed by atoms with Gasteiger partial charge in [-0.1, -0.05) is 12.1 Å². The van der Waals surface area contributed by atoms with E-state index in [0.29, 0.717) is 11.1 Å². The van der Waals surface area contributed by atoms with E-state index in [1.807, 2.05) is 5.01 Å². The first-order chi connectivity index (χ1) is 9.52. The van der Waals surface area contributed by atoms with E-state index in [-0.39, 0.29) is 11.8 Å². The first-order valence-corrected chi connectivity index (χ1v) is 7.49. The number of amides is 2. The van der Waals surface area contributed by atoms with Gasteiger partial charge in [-0.3, -0.25) is 15.1 Å². The summed E-state index contributed by atoms with van der Waals surface area (Å²) >= 11 is 0. The van der Waals surface area contributed by atoms with Crippen molar-refractivity contribution in [2.75, 3.05) is 13.1 Å². The molecule has 0 atom stereocenters. The number of fused-ring (bicyclic) bond motifs is 1. The van der Waals surface area contributed by atoms with Gasteiger partial charge in [-0.25, -0.2) is 10.0 Å². The zero-order valence-corrected chi connectivity index (χ0v) is 11.7. The van der Waals surface area contributed by atoms with Crippen molar-refractivity contribution in [3.8, 4) is 0 Å². The van der Waals surface area contributed by atoms with Crippen LogP contribution in [0.4, 0.5) is 0 Å². The van der Waals surface area contributed by atoms with Gasteiger partial charge in [-0.2, -0.15) is 0 Å². The molecular formula is C12H16N3O4P. The topological polar surface area (TPSA) is 107 Å². The van der Waals surface area contributed by atoms with Crippen LogP contribution >= 0.6 is 8.53 Å². The van der Waals surface area contributed by atoms with E-state index < -0.39 is 8.53 Å². The minimum Gasteiger partial charge on any atom is -0.338 e. The van der Waals surface area contributed by atoms with Gasteiger partial charge < -0.3 is 9.79 Å². The Morgan fingerprint density at radius 1 is 1.00 bits per heavy atom. The molecule has 2 heterocycles. The Morgan fingerprint density at radius 3 is 1.80 bits per heavy atom. The smallest absolute Gasteiger partial charge is 0.276 e. The maximum Gasteiger partial charge on any atom is 0.276 e. The SMILES string of the molecule is NP(O)O.O=C1c2ccccc2C(=O)N1N1CCCC1. The molecular weight excluding hydrogens is 281 g/mol. The van der Waals surface area contributed by atoms with Crippen LogP contribution < -0.4 is 5.50 Å². The van der Waals surface area contributed by atoms with E-state index in [1.165, 1.54) is 5.01 Å². The van der Waals surface area contributed by atoms with Crippen LogP contribution in [0.5, 0.6) is 0 Å². The predicted molar refractivity (Wildman–Crippen MR) is 73.3 cm³/mol. The summed E-state index contributed by atoms with van der Waals surface area (Å²) in [4.78, 5) is 39.0. The highest BCUT2D eigenvalue weighted by Crippen LogP contribution is 2.25. The average Bonchev–Trinajstić information content (AvgIpc) is 2.98. The highest BCUT2D eigenvalue weighted by atomic mass is 31.2. The van der Waals surface area contributed by atoms with E-state index in [2.05, 4.69) is 5.50 Å². The molecule has 1 aromatic rings. The normalized spacial score (nSPS) is 18.3. The third kappa shape index (κ3) is 3.03. The summed E-state index contributed by atoms with van der Waals surface area (Å²) in [7, 11) is -2.12.